The lowest BCUT2D eigenvalue weighted by atomic mass is 9.85. The predicted molar refractivity (Wildman–Crippen MR) is 70.3 cm³/mol. The molecule has 2 atom stereocenters. The van der Waals surface area contributed by atoms with Gasteiger partial charge < -0.3 is 20.3 Å². The van der Waals surface area contributed by atoms with Crippen molar-refractivity contribution in [3.05, 3.63) is 29.8 Å². The van der Waals surface area contributed by atoms with Crippen LogP contribution in [0.15, 0.2) is 24.3 Å². The van der Waals surface area contributed by atoms with Gasteiger partial charge >= 0.3 is 5.97 Å². The van der Waals surface area contributed by atoms with Crippen LogP contribution in [-0.4, -0.2) is 41.3 Å². The Balaban J connectivity index is 1.98. The van der Waals surface area contributed by atoms with Crippen LogP contribution >= 0.6 is 0 Å². The highest BCUT2D eigenvalue weighted by molar-refractivity contribution is 5.81. The Bertz CT molecular complexity index is 513. The molecule has 0 aromatic heterocycles. The van der Waals surface area contributed by atoms with Crippen LogP contribution in [0.5, 0.6) is 5.75 Å². The van der Waals surface area contributed by atoms with Gasteiger partial charge in [0.15, 0.2) is 0 Å². The molecule has 1 saturated heterocycles. The molecule has 6 nitrogen and oxygen atoms in total. The van der Waals surface area contributed by atoms with E-state index in [0.717, 1.165) is 5.56 Å². The van der Waals surface area contributed by atoms with Crippen molar-refractivity contribution in [3.63, 3.8) is 0 Å². The molecule has 0 aliphatic carbocycles. The topological polar surface area (TPSA) is 95.9 Å². The van der Waals surface area contributed by atoms with Crippen molar-refractivity contribution in [2.24, 2.45) is 5.41 Å². The number of aliphatic carboxylic acids is 1. The SMILES string of the molecule is CC1(C(=O)O)COCC1NC(=O)Cc1ccc(O)cc1. The first-order valence-electron chi connectivity index (χ1n) is 6.30. The zero-order valence-electron chi connectivity index (χ0n) is 11.1. The van der Waals surface area contributed by atoms with Crippen LogP contribution in [0.4, 0.5) is 0 Å². The van der Waals surface area contributed by atoms with Gasteiger partial charge in [0.2, 0.25) is 5.91 Å². The van der Waals surface area contributed by atoms with E-state index < -0.39 is 17.4 Å². The molecule has 1 aliphatic rings. The monoisotopic (exact) mass is 279 g/mol. The number of carbonyl (C=O) groups is 2. The maximum absolute atomic E-state index is 11.9. The number of nitrogens with one attached hydrogen (secondary N) is 1. The number of ether oxygens (including phenoxy) is 1. The van der Waals surface area contributed by atoms with E-state index in [1.54, 1.807) is 19.1 Å². The van der Waals surface area contributed by atoms with Gasteiger partial charge in [0.1, 0.15) is 11.2 Å². The summed E-state index contributed by atoms with van der Waals surface area (Å²) in [7, 11) is 0. The van der Waals surface area contributed by atoms with Gasteiger partial charge in [-0.05, 0) is 24.6 Å². The molecule has 0 bridgehead atoms. The average molecular weight is 279 g/mol. The molecule has 20 heavy (non-hydrogen) atoms. The summed E-state index contributed by atoms with van der Waals surface area (Å²) in [6.45, 7) is 1.85. The molecule has 0 radical (unpaired) electrons. The van der Waals surface area contributed by atoms with Crippen molar-refractivity contribution in [3.8, 4) is 5.75 Å². The summed E-state index contributed by atoms with van der Waals surface area (Å²) in [5.41, 5.74) is -0.346. The molecule has 0 spiro atoms. The van der Waals surface area contributed by atoms with E-state index in [-0.39, 0.29) is 31.3 Å². The highest BCUT2D eigenvalue weighted by Gasteiger charge is 2.47. The number of rotatable bonds is 4. The Morgan fingerprint density at radius 3 is 2.65 bits per heavy atom. The zero-order valence-corrected chi connectivity index (χ0v) is 11.1. The minimum absolute atomic E-state index is 0.0898. The number of phenols is 1. The van der Waals surface area contributed by atoms with E-state index in [4.69, 9.17) is 9.84 Å². The maximum atomic E-state index is 11.9. The first kappa shape index (κ1) is 14.3. The molecule has 1 fully saturated rings. The van der Waals surface area contributed by atoms with Crippen LogP contribution in [0.2, 0.25) is 0 Å². The smallest absolute Gasteiger partial charge is 0.313 e. The predicted octanol–water partition coefficient (Wildman–Crippen LogP) is 0.541. The number of aromatic hydroxyl groups is 1. The van der Waals surface area contributed by atoms with E-state index >= 15 is 0 Å². The van der Waals surface area contributed by atoms with Crippen LogP contribution in [0.3, 0.4) is 0 Å². The molecule has 3 N–H and O–H groups in total. The molecule has 1 aliphatic heterocycles. The van der Waals surface area contributed by atoms with Gasteiger partial charge in [0.25, 0.3) is 0 Å². The summed E-state index contributed by atoms with van der Waals surface area (Å²) in [4.78, 5) is 23.2. The molecule has 1 aromatic rings. The lowest BCUT2D eigenvalue weighted by molar-refractivity contribution is -0.149. The van der Waals surface area contributed by atoms with E-state index in [2.05, 4.69) is 5.32 Å². The Morgan fingerprint density at radius 2 is 2.05 bits per heavy atom. The summed E-state index contributed by atoms with van der Waals surface area (Å²) >= 11 is 0. The second kappa shape index (κ2) is 5.50. The first-order chi connectivity index (χ1) is 9.41. The fourth-order valence-corrected chi connectivity index (χ4v) is 2.13. The molecule has 2 rings (SSSR count). The van der Waals surface area contributed by atoms with Crippen molar-refractivity contribution >= 4 is 11.9 Å². The molecule has 1 amide bonds. The summed E-state index contributed by atoms with van der Waals surface area (Å²) in [5, 5.41) is 21.1. The Hall–Kier alpha value is -2.08. The van der Waals surface area contributed by atoms with Gasteiger partial charge in [-0.2, -0.15) is 0 Å². The van der Waals surface area contributed by atoms with Crippen molar-refractivity contribution in [2.45, 2.75) is 19.4 Å². The average Bonchev–Trinajstić information content (AvgIpc) is 2.75. The van der Waals surface area contributed by atoms with Crippen LogP contribution in [0.1, 0.15) is 12.5 Å². The number of carboxylic acids is 1. The van der Waals surface area contributed by atoms with Crippen molar-refractivity contribution in [1.29, 1.82) is 0 Å². The van der Waals surface area contributed by atoms with Crippen LogP contribution < -0.4 is 5.32 Å². The number of hydrogen-bond acceptors (Lipinski definition) is 4. The first-order valence-corrected chi connectivity index (χ1v) is 6.30. The molecule has 1 aromatic carbocycles. The van der Waals surface area contributed by atoms with Crippen LogP contribution in [0.25, 0.3) is 0 Å². The highest BCUT2D eigenvalue weighted by atomic mass is 16.5. The molecule has 0 saturated carbocycles. The van der Waals surface area contributed by atoms with Gasteiger partial charge in [-0.1, -0.05) is 12.1 Å². The summed E-state index contributed by atoms with van der Waals surface area (Å²) in [6, 6.07) is 5.77. The van der Waals surface area contributed by atoms with Gasteiger partial charge in [-0.25, -0.2) is 0 Å². The third-order valence-corrected chi connectivity index (χ3v) is 3.58. The normalized spacial score (nSPS) is 25.4. The maximum Gasteiger partial charge on any atom is 0.313 e. The number of amides is 1. The van der Waals surface area contributed by atoms with Crippen molar-refractivity contribution in [1.82, 2.24) is 5.32 Å². The van der Waals surface area contributed by atoms with Crippen molar-refractivity contribution in [2.75, 3.05) is 13.2 Å². The third-order valence-electron chi connectivity index (χ3n) is 3.58. The van der Waals surface area contributed by atoms with E-state index in [1.807, 2.05) is 0 Å². The molecule has 1 heterocycles. The van der Waals surface area contributed by atoms with Crippen LogP contribution in [-0.2, 0) is 20.7 Å². The lowest BCUT2D eigenvalue weighted by Crippen LogP contribution is -2.50. The van der Waals surface area contributed by atoms with Gasteiger partial charge in [0.05, 0.1) is 25.7 Å². The summed E-state index contributed by atoms with van der Waals surface area (Å²) < 4.78 is 5.17. The number of carboxylic acid groups (broad SMARTS) is 1. The van der Waals surface area contributed by atoms with Gasteiger partial charge in [0, 0.05) is 0 Å². The molecule has 2 unspecified atom stereocenters. The Morgan fingerprint density at radius 1 is 1.40 bits per heavy atom. The van der Waals surface area contributed by atoms with Crippen molar-refractivity contribution < 1.29 is 24.5 Å². The standard InChI is InChI=1S/C14H17NO5/c1-14(13(18)19)8-20-7-11(14)15-12(17)6-9-2-4-10(16)5-3-9/h2-5,11,16H,6-8H2,1H3,(H,15,17)(H,18,19). The van der Waals surface area contributed by atoms with E-state index in [9.17, 15) is 14.7 Å². The van der Waals surface area contributed by atoms with Gasteiger partial charge in [-0.3, -0.25) is 9.59 Å². The number of benzene rings is 1. The zero-order chi connectivity index (χ0) is 14.8. The largest absolute Gasteiger partial charge is 0.508 e. The number of carbonyl (C=O) groups excluding carboxylic acids is 1. The second-order valence-electron chi connectivity index (χ2n) is 5.20. The third kappa shape index (κ3) is 2.91. The van der Waals surface area contributed by atoms with Crippen LogP contribution in [0, 0.1) is 5.41 Å². The van der Waals surface area contributed by atoms with E-state index in [0.29, 0.717) is 0 Å². The fraction of sp³-hybridized carbons (Fsp3) is 0.429. The Kier molecular flexibility index (Phi) is 3.94. The highest BCUT2D eigenvalue weighted by Crippen LogP contribution is 2.28. The minimum atomic E-state index is -1.09. The lowest BCUT2D eigenvalue weighted by Gasteiger charge is -2.25. The molecular formula is C14H17NO5. The fourth-order valence-electron chi connectivity index (χ4n) is 2.13. The van der Waals surface area contributed by atoms with E-state index in [1.165, 1.54) is 12.1 Å². The minimum Gasteiger partial charge on any atom is -0.508 e. The molecule has 6 heteroatoms. The summed E-state index contributed by atoms with van der Waals surface area (Å²) in [6.07, 6.45) is 0.131. The molecular weight excluding hydrogens is 262 g/mol. The number of hydrogen-bond donors (Lipinski definition) is 3. The second-order valence-corrected chi connectivity index (χ2v) is 5.20. The Labute approximate surface area is 116 Å². The number of phenolic OH excluding ortho intramolecular Hbond substituents is 1. The molecule has 108 valence electrons. The van der Waals surface area contributed by atoms with Gasteiger partial charge in [-0.15, -0.1) is 0 Å². The quantitative estimate of drug-likeness (QED) is 0.747. The summed E-state index contributed by atoms with van der Waals surface area (Å²) in [5.74, 6) is -1.11.